The molecule has 1 saturated heterocycles. The van der Waals surface area contributed by atoms with E-state index in [0.717, 1.165) is 44.6 Å². The van der Waals surface area contributed by atoms with Crippen LogP contribution >= 0.6 is 0 Å². The molecule has 4 nitrogen and oxygen atoms in total. The Kier molecular flexibility index (Phi) is 5.41. The van der Waals surface area contributed by atoms with Gasteiger partial charge in [-0.15, -0.1) is 0 Å². The summed E-state index contributed by atoms with van der Waals surface area (Å²) in [6.07, 6.45) is 3.47. The van der Waals surface area contributed by atoms with E-state index in [9.17, 15) is 4.79 Å². The summed E-state index contributed by atoms with van der Waals surface area (Å²) in [4.78, 5) is 13.2. The molecule has 0 bridgehead atoms. The SMILES string of the molecule is COc1ccc(CCN2CCCC(CC(=O)O)C2)cc1. The maximum atomic E-state index is 10.8. The van der Waals surface area contributed by atoms with Crippen LogP contribution in [0.2, 0.25) is 0 Å². The van der Waals surface area contributed by atoms with Gasteiger partial charge in [-0.05, 0) is 49.4 Å². The van der Waals surface area contributed by atoms with Gasteiger partial charge in [0, 0.05) is 19.5 Å². The maximum absolute atomic E-state index is 10.8. The lowest BCUT2D eigenvalue weighted by molar-refractivity contribution is -0.138. The Morgan fingerprint density at radius 2 is 2.15 bits per heavy atom. The highest BCUT2D eigenvalue weighted by molar-refractivity contribution is 5.67. The van der Waals surface area contributed by atoms with Crippen molar-refractivity contribution in [2.75, 3.05) is 26.7 Å². The third-order valence-corrected chi connectivity index (χ3v) is 3.94. The Bertz CT molecular complexity index is 430. The number of carbonyl (C=O) groups is 1. The molecule has 20 heavy (non-hydrogen) atoms. The first-order valence-corrected chi connectivity index (χ1v) is 7.24. The number of aliphatic carboxylic acids is 1. The predicted molar refractivity (Wildman–Crippen MR) is 78.1 cm³/mol. The standard InChI is InChI=1S/C16H23NO3/c1-20-15-6-4-13(5-7-15)8-10-17-9-2-3-14(12-17)11-16(18)19/h4-7,14H,2-3,8-12H2,1H3,(H,18,19). The maximum Gasteiger partial charge on any atom is 0.303 e. The molecule has 1 unspecified atom stereocenters. The normalized spacial score (nSPS) is 19.8. The van der Waals surface area contributed by atoms with Crippen LogP contribution < -0.4 is 4.74 Å². The van der Waals surface area contributed by atoms with E-state index in [2.05, 4.69) is 17.0 Å². The fourth-order valence-electron chi connectivity index (χ4n) is 2.85. The van der Waals surface area contributed by atoms with E-state index >= 15 is 0 Å². The molecule has 2 rings (SSSR count). The molecule has 1 aromatic rings. The van der Waals surface area contributed by atoms with E-state index in [1.165, 1.54) is 5.56 Å². The van der Waals surface area contributed by atoms with E-state index in [1.807, 2.05) is 12.1 Å². The van der Waals surface area contributed by atoms with Crippen LogP contribution in [0.15, 0.2) is 24.3 Å². The fraction of sp³-hybridized carbons (Fsp3) is 0.562. The molecule has 0 radical (unpaired) electrons. The Hall–Kier alpha value is -1.55. The molecule has 0 aromatic heterocycles. The van der Waals surface area contributed by atoms with Gasteiger partial charge in [0.2, 0.25) is 0 Å². The Morgan fingerprint density at radius 3 is 2.80 bits per heavy atom. The van der Waals surface area contributed by atoms with E-state index in [4.69, 9.17) is 9.84 Å². The molecule has 1 atom stereocenters. The summed E-state index contributed by atoms with van der Waals surface area (Å²) in [5.74, 6) is 0.525. The van der Waals surface area contributed by atoms with Gasteiger partial charge < -0.3 is 14.7 Å². The number of likely N-dealkylation sites (tertiary alicyclic amines) is 1. The quantitative estimate of drug-likeness (QED) is 0.867. The van der Waals surface area contributed by atoms with Gasteiger partial charge in [0.25, 0.3) is 0 Å². The summed E-state index contributed by atoms with van der Waals surface area (Å²) in [6.45, 7) is 3.01. The molecular formula is C16H23NO3. The number of piperidine rings is 1. The zero-order chi connectivity index (χ0) is 14.4. The van der Waals surface area contributed by atoms with Crippen molar-refractivity contribution in [1.29, 1.82) is 0 Å². The van der Waals surface area contributed by atoms with Crippen molar-refractivity contribution >= 4 is 5.97 Å². The number of hydrogen-bond donors (Lipinski definition) is 1. The van der Waals surface area contributed by atoms with Crippen LogP contribution in [0.1, 0.15) is 24.8 Å². The molecule has 1 aromatic carbocycles. The first-order valence-electron chi connectivity index (χ1n) is 7.24. The van der Waals surface area contributed by atoms with Crippen molar-refractivity contribution in [3.8, 4) is 5.75 Å². The van der Waals surface area contributed by atoms with Gasteiger partial charge in [-0.3, -0.25) is 4.79 Å². The number of rotatable bonds is 6. The summed E-state index contributed by atoms with van der Waals surface area (Å²) in [6, 6.07) is 8.16. The number of hydrogen-bond acceptors (Lipinski definition) is 3. The van der Waals surface area contributed by atoms with Crippen LogP contribution in [0.25, 0.3) is 0 Å². The largest absolute Gasteiger partial charge is 0.497 e. The van der Waals surface area contributed by atoms with Gasteiger partial charge in [-0.25, -0.2) is 0 Å². The van der Waals surface area contributed by atoms with Gasteiger partial charge in [-0.1, -0.05) is 12.1 Å². The number of nitrogens with zero attached hydrogens (tertiary/aromatic N) is 1. The van der Waals surface area contributed by atoms with Gasteiger partial charge in [0.1, 0.15) is 5.75 Å². The highest BCUT2D eigenvalue weighted by Gasteiger charge is 2.21. The second-order valence-electron chi connectivity index (χ2n) is 5.50. The summed E-state index contributed by atoms with van der Waals surface area (Å²) in [5.41, 5.74) is 1.30. The summed E-state index contributed by atoms with van der Waals surface area (Å²) in [7, 11) is 1.67. The van der Waals surface area contributed by atoms with Gasteiger partial charge in [0.15, 0.2) is 0 Å². The Morgan fingerprint density at radius 1 is 1.40 bits per heavy atom. The van der Waals surface area contributed by atoms with E-state index in [1.54, 1.807) is 7.11 Å². The van der Waals surface area contributed by atoms with Gasteiger partial charge in [0.05, 0.1) is 7.11 Å². The summed E-state index contributed by atoms with van der Waals surface area (Å²) in [5, 5.41) is 8.88. The van der Waals surface area contributed by atoms with Crippen LogP contribution in [0, 0.1) is 5.92 Å². The van der Waals surface area contributed by atoms with Crippen LogP contribution in [0.3, 0.4) is 0 Å². The number of methoxy groups -OCH3 is 1. The predicted octanol–water partition coefficient (Wildman–Crippen LogP) is 2.42. The minimum Gasteiger partial charge on any atom is -0.497 e. The average Bonchev–Trinajstić information content (AvgIpc) is 2.45. The zero-order valence-corrected chi connectivity index (χ0v) is 12.0. The molecule has 1 heterocycles. The van der Waals surface area contributed by atoms with Gasteiger partial charge in [-0.2, -0.15) is 0 Å². The summed E-state index contributed by atoms with van der Waals surface area (Å²) < 4.78 is 5.15. The molecule has 0 saturated carbocycles. The van der Waals surface area contributed by atoms with Crippen molar-refractivity contribution in [1.82, 2.24) is 4.90 Å². The minimum absolute atomic E-state index is 0.305. The van der Waals surface area contributed by atoms with Crippen molar-refractivity contribution in [3.63, 3.8) is 0 Å². The van der Waals surface area contributed by atoms with E-state index in [-0.39, 0.29) is 0 Å². The second kappa shape index (κ2) is 7.29. The minimum atomic E-state index is -0.674. The van der Waals surface area contributed by atoms with Crippen molar-refractivity contribution in [2.24, 2.45) is 5.92 Å². The average molecular weight is 277 g/mol. The zero-order valence-electron chi connectivity index (χ0n) is 12.0. The molecule has 1 fully saturated rings. The monoisotopic (exact) mass is 277 g/mol. The van der Waals surface area contributed by atoms with Crippen LogP contribution in [-0.4, -0.2) is 42.7 Å². The molecule has 1 N–H and O–H groups in total. The third kappa shape index (κ3) is 4.53. The van der Waals surface area contributed by atoms with Crippen molar-refractivity contribution in [2.45, 2.75) is 25.7 Å². The third-order valence-electron chi connectivity index (χ3n) is 3.94. The van der Waals surface area contributed by atoms with Crippen LogP contribution in [-0.2, 0) is 11.2 Å². The van der Waals surface area contributed by atoms with Crippen molar-refractivity contribution in [3.05, 3.63) is 29.8 Å². The second-order valence-corrected chi connectivity index (χ2v) is 5.50. The molecular weight excluding hydrogens is 254 g/mol. The van der Waals surface area contributed by atoms with E-state index < -0.39 is 5.97 Å². The lowest BCUT2D eigenvalue weighted by Crippen LogP contribution is -2.37. The Labute approximate surface area is 120 Å². The first kappa shape index (κ1) is 14.9. The number of ether oxygens (including phenoxy) is 1. The highest BCUT2D eigenvalue weighted by atomic mass is 16.5. The smallest absolute Gasteiger partial charge is 0.303 e. The van der Waals surface area contributed by atoms with Crippen molar-refractivity contribution < 1.29 is 14.6 Å². The molecule has 110 valence electrons. The molecule has 1 aliphatic heterocycles. The van der Waals surface area contributed by atoms with E-state index in [0.29, 0.717) is 12.3 Å². The molecule has 0 amide bonds. The fourth-order valence-corrected chi connectivity index (χ4v) is 2.85. The summed E-state index contributed by atoms with van der Waals surface area (Å²) >= 11 is 0. The lowest BCUT2D eigenvalue weighted by Gasteiger charge is -2.32. The lowest BCUT2D eigenvalue weighted by atomic mass is 9.94. The molecule has 0 aliphatic carbocycles. The van der Waals surface area contributed by atoms with Crippen LogP contribution in [0.4, 0.5) is 0 Å². The van der Waals surface area contributed by atoms with Gasteiger partial charge >= 0.3 is 5.97 Å². The molecule has 4 heteroatoms. The molecule has 0 spiro atoms. The number of carboxylic acids is 1. The highest BCUT2D eigenvalue weighted by Crippen LogP contribution is 2.20. The van der Waals surface area contributed by atoms with Crippen LogP contribution in [0.5, 0.6) is 5.75 Å². The number of carboxylic acid groups (broad SMARTS) is 1. The Balaban J connectivity index is 1.79. The first-order chi connectivity index (χ1) is 9.67. The topological polar surface area (TPSA) is 49.8 Å². The molecule has 1 aliphatic rings. The number of benzene rings is 1.